The molecule has 9 heteroatoms. The first-order valence-corrected chi connectivity index (χ1v) is 5.00. The van der Waals surface area contributed by atoms with E-state index >= 15 is 0 Å². The summed E-state index contributed by atoms with van der Waals surface area (Å²) in [5.74, 6) is 0. The molecule has 1 saturated heterocycles. The molecule has 0 aliphatic carbocycles. The molecule has 17 heavy (non-hydrogen) atoms. The Balaban J connectivity index is 2.86. The fourth-order valence-corrected chi connectivity index (χ4v) is 2.01. The van der Waals surface area contributed by atoms with Gasteiger partial charge in [0.1, 0.15) is 12.2 Å². The van der Waals surface area contributed by atoms with E-state index in [1.165, 1.54) is 14.0 Å². The molecular formula is C8H14N2O7. The average Bonchev–Trinajstić information content (AvgIpc) is 2.15. The van der Waals surface area contributed by atoms with Crippen molar-refractivity contribution in [3.05, 3.63) is 20.2 Å². The number of methoxy groups -OCH3 is 1. The van der Waals surface area contributed by atoms with Crippen molar-refractivity contribution in [2.75, 3.05) is 13.7 Å². The Kier molecular flexibility index (Phi) is 4.32. The highest BCUT2D eigenvalue weighted by atomic mass is 16.6. The Hall–Kier alpha value is -1.32. The number of aliphatic hydroxyl groups is 1. The second kappa shape index (κ2) is 5.34. The fourth-order valence-electron chi connectivity index (χ4n) is 2.01. The lowest BCUT2D eigenvalue weighted by Crippen LogP contribution is -2.61. The molecule has 9 nitrogen and oxygen atoms in total. The Morgan fingerprint density at radius 2 is 2.00 bits per heavy atom. The zero-order valence-electron chi connectivity index (χ0n) is 9.38. The fraction of sp³-hybridized carbons (Fsp3) is 1.00. The lowest BCUT2D eigenvalue weighted by molar-refractivity contribution is -0.565. The standard InChI is InChI=1S/C8H14N2O7/c1-4-6(10(14)15)7(11)8(16-2)5(17-4)3-9(12)13/h4-8,11H,3H2,1-2H3. The molecule has 0 radical (unpaired) electrons. The monoisotopic (exact) mass is 250 g/mol. The van der Waals surface area contributed by atoms with Gasteiger partial charge < -0.3 is 14.6 Å². The molecule has 1 fully saturated rings. The van der Waals surface area contributed by atoms with Gasteiger partial charge in [0.15, 0.2) is 12.2 Å². The third kappa shape index (κ3) is 2.87. The summed E-state index contributed by atoms with van der Waals surface area (Å²) in [5.41, 5.74) is 0. The summed E-state index contributed by atoms with van der Waals surface area (Å²) in [4.78, 5) is 19.9. The van der Waals surface area contributed by atoms with Crippen molar-refractivity contribution in [2.24, 2.45) is 0 Å². The second-order valence-electron chi connectivity index (χ2n) is 3.86. The molecule has 5 unspecified atom stereocenters. The minimum atomic E-state index is -1.43. The number of nitrogens with zero attached hydrogens (tertiary/aromatic N) is 2. The third-order valence-corrected chi connectivity index (χ3v) is 2.77. The second-order valence-corrected chi connectivity index (χ2v) is 3.86. The van der Waals surface area contributed by atoms with Gasteiger partial charge in [0.05, 0.1) is 0 Å². The minimum Gasteiger partial charge on any atom is -0.383 e. The molecule has 1 aliphatic heterocycles. The third-order valence-electron chi connectivity index (χ3n) is 2.77. The summed E-state index contributed by atoms with van der Waals surface area (Å²) >= 11 is 0. The van der Waals surface area contributed by atoms with Crippen LogP contribution in [0.3, 0.4) is 0 Å². The number of hydrogen-bond acceptors (Lipinski definition) is 7. The zero-order chi connectivity index (χ0) is 13.2. The molecule has 1 heterocycles. The Morgan fingerprint density at radius 1 is 1.41 bits per heavy atom. The van der Waals surface area contributed by atoms with Crippen LogP contribution in [0.5, 0.6) is 0 Å². The van der Waals surface area contributed by atoms with E-state index in [1.54, 1.807) is 0 Å². The maximum Gasteiger partial charge on any atom is 0.266 e. The van der Waals surface area contributed by atoms with E-state index in [9.17, 15) is 25.3 Å². The molecule has 0 saturated carbocycles. The zero-order valence-corrected chi connectivity index (χ0v) is 9.38. The first-order chi connectivity index (χ1) is 7.88. The van der Waals surface area contributed by atoms with Crippen molar-refractivity contribution >= 4 is 0 Å². The van der Waals surface area contributed by atoms with E-state index in [0.717, 1.165) is 0 Å². The van der Waals surface area contributed by atoms with Gasteiger partial charge in [-0.25, -0.2) is 0 Å². The summed E-state index contributed by atoms with van der Waals surface area (Å²) < 4.78 is 10.0. The van der Waals surface area contributed by atoms with Crippen LogP contribution >= 0.6 is 0 Å². The van der Waals surface area contributed by atoms with Crippen molar-refractivity contribution in [3.8, 4) is 0 Å². The van der Waals surface area contributed by atoms with E-state index in [-0.39, 0.29) is 0 Å². The molecule has 1 aliphatic rings. The highest BCUT2D eigenvalue weighted by Gasteiger charge is 2.51. The van der Waals surface area contributed by atoms with E-state index in [0.29, 0.717) is 0 Å². The lowest BCUT2D eigenvalue weighted by atomic mass is 9.93. The Bertz CT molecular complexity index is 308. The molecule has 0 bridgehead atoms. The van der Waals surface area contributed by atoms with Crippen molar-refractivity contribution < 1.29 is 24.4 Å². The van der Waals surface area contributed by atoms with E-state index in [1.807, 2.05) is 0 Å². The maximum atomic E-state index is 10.7. The largest absolute Gasteiger partial charge is 0.383 e. The summed E-state index contributed by atoms with van der Waals surface area (Å²) in [5, 5.41) is 30.9. The minimum absolute atomic E-state index is 0.565. The van der Waals surface area contributed by atoms with Gasteiger partial charge in [-0.05, 0) is 6.92 Å². The Morgan fingerprint density at radius 3 is 2.41 bits per heavy atom. The van der Waals surface area contributed by atoms with Crippen molar-refractivity contribution in [3.63, 3.8) is 0 Å². The first-order valence-electron chi connectivity index (χ1n) is 5.00. The van der Waals surface area contributed by atoms with Gasteiger partial charge in [-0.2, -0.15) is 0 Å². The highest BCUT2D eigenvalue weighted by molar-refractivity contribution is 4.91. The van der Waals surface area contributed by atoms with Crippen LogP contribution in [0.2, 0.25) is 0 Å². The number of nitro groups is 2. The van der Waals surface area contributed by atoms with Crippen LogP contribution in [-0.2, 0) is 9.47 Å². The summed E-state index contributed by atoms with van der Waals surface area (Å²) in [7, 11) is 1.22. The maximum absolute atomic E-state index is 10.7. The molecule has 98 valence electrons. The van der Waals surface area contributed by atoms with Crippen molar-refractivity contribution in [2.45, 2.75) is 37.4 Å². The van der Waals surface area contributed by atoms with Crippen LogP contribution in [0, 0.1) is 20.2 Å². The van der Waals surface area contributed by atoms with Gasteiger partial charge in [-0.15, -0.1) is 0 Å². The predicted molar refractivity (Wildman–Crippen MR) is 53.8 cm³/mol. The molecular weight excluding hydrogens is 236 g/mol. The molecule has 0 aromatic rings. The Labute approximate surface area is 96.6 Å². The lowest BCUT2D eigenvalue weighted by Gasteiger charge is -2.37. The van der Waals surface area contributed by atoms with Gasteiger partial charge in [-0.3, -0.25) is 20.2 Å². The summed E-state index contributed by atoms with van der Waals surface area (Å²) in [6.45, 7) is 0.833. The molecule has 1 rings (SSSR count). The van der Waals surface area contributed by atoms with Gasteiger partial charge in [0.25, 0.3) is 6.04 Å². The van der Waals surface area contributed by atoms with Gasteiger partial charge in [0, 0.05) is 17.0 Å². The van der Waals surface area contributed by atoms with Crippen molar-refractivity contribution in [1.82, 2.24) is 0 Å². The van der Waals surface area contributed by atoms with Crippen LogP contribution in [0.25, 0.3) is 0 Å². The predicted octanol–water partition coefficient (Wildman–Crippen LogP) is -0.928. The smallest absolute Gasteiger partial charge is 0.266 e. The van der Waals surface area contributed by atoms with E-state index in [2.05, 4.69) is 0 Å². The molecule has 0 aromatic heterocycles. The topological polar surface area (TPSA) is 125 Å². The van der Waals surface area contributed by atoms with Crippen LogP contribution in [0.15, 0.2) is 0 Å². The van der Waals surface area contributed by atoms with Crippen LogP contribution in [-0.4, -0.2) is 59.1 Å². The van der Waals surface area contributed by atoms with Crippen LogP contribution in [0.1, 0.15) is 6.92 Å². The van der Waals surface area contributed by atoms with Gasteiger partial charge in [-0.1, -0.05) is 0 Å². The SMILES string of the molecule is COC1C(C[N+](=O)[O-])OC(C)C([N+](=O)[O-])C1O. The van der Waals surface area contributed by atoms with Crippen LogP contribution < -0.4 is 0 Å². The average molecular weight is 250 g/mol. The molecule has 1 N–H and O–H groups in total. The van der Waals surface area contributed by atoms with Crippen LogP contribution in [0.4, 0.5) is 0 Å². The first kappa shape index (κ1) is 13.7. The number of rotatable bonds is 4. The molecule has 0 spiro atoms. The van der Waals surface area contributed by atoms with E-state index < -0.39 is 46.8 Å². The summed E-state index contributed by atoms with van der Waals surface area (Å²) in [6.07, 6.45) is -4.40. The van der Waals surface area contributed by atoms with Crippen molar-refractivity contribution in [1.29, 1.82) is 0 Å². The number of ether oxygens (including phenoxy) is 2. The molecule has 0 amide bonds. The molecule has 5 atom stereocenters. The molecule has 0 aromatic carbocycles. The van der Waals surface area contributed by atoms with Gasteiger partial charge >= 0.3 is 0 Å². The number of hydrogen-bond donors (Lipinski definition) is 1. The quantitative estimate of drug-likeness (QED) is 0.504. The van der Waals surface area contributed by atoms with Gasteiger partial charge in [0.2, 0.25) is 6.54 Å². The normalized spacial score (nSPS) is 37.7. The number of aliphatic hydroxyl groups excluding tert-OH is 1. The summed E-state index contributed by atoms with van der Waals surface area (Å²) in [6, 6.07) is -1.34. The van der Waals surface area contributed by atoms with E-state index in [4.69, 9.17) is 9.47 Å². The highest BCUT2D eigenvalue weighted by Crippen LogP contribution is 2.24.